The molecular formula is C13H15NO3. The third kappa shape index (κ3) is 2.52. The van der Waals surface area contributed by atoms with E-state index < -0.39 is 5.97 Å². The van der Waals surface area contributed by atoms with Gasteiger partial charge in [0, 0.05) is 12.6 Å². The minimum absolute atomic E-state index is 0.0875. The second kappa shape index (κ2) is 5.08. The van der Waals surface area contributed by atoms with Crippen LogP contribution in [0.4, 0.5) is 0 Å². The van der Waals surface area contributed by atoms with E-state index >= 15 is 0 Å². The SMILES string of the molecule is COC(=O)c1ccc([C@H]2CCCCC2=O)nc1. The number of ether oxygens (including phenoxy) is 1. The molecule has 0 unspecified atom stereocenters. The number of nitrogens with zero attached hydrogens (tertiary/aromatic N) is 1. The van der Waals surface area contributed by atoms with E-state index in [0.29, 0.717) is 12.0 Å². The lowest BCUT2D eigenvalue weighted by atomic mass is 9.85. The summed E-state index contributed by atoms with van der Waals surface area (Å²) in [6.07, 6.45) is 5.03. The second-order valence-corrected chi connectivity index (χ2v) is 4.23. The maximum Gasteiger partial charge on any atom is 0.339 e. The molecule has 0 amide bonds. The quantitative estimate of drug-likeness (QED) is 0.734. The number of rotatable bonds is 2. The average Bonchev–Trinajstić information content (AvgIpc) is 2.39. The summed E-state index contributed by atoms with van der Waals surface area (Å²) in [5.41, 5.74) is 1.18. The molecule has 0 radical (unpaired) electrons. The lowest BCUT2D eigenvalue weighted by Gasteiger charge is -2.19. The number of methoxy groups -OCH3 is 1. The Kier molecular flexibility index (Phi) is 3.52. The van der Waals surface area contributed by atoms with Crippen LogP contribution < -0.4 is 0 Å². The first kappa shape index (κ1) is 11.8. The summed E-state index contributed by atoms with van der Waals surface area (Å²) >= 11 is 0. The van der Waals surface area contributed by atoms with E-state index in [4.69, 9.17) is 0 Å². The van der Waals surface area contributed by atoms with Crippen LogP contribution in [0.1, 0.15) is 47.7 Å². The molecule has 4 nitrogen and oxygen atoms in total. The molecule has 1 fully saturated rings. The minimum atomic E-state index is -0.404. The number of Topliss-reactive ketones (excluding diaryl/α,β-unsaturated/α-hetero) is 1. The van der Waals surface area contributed by atoms with Gasteiger partial charge in [0.1, 0.15) is 5.78 Å². The molecule has 1 aliphatic carbocycles. The van der Waals surface area contributed by atoms with Gasteiger partial charge in [-0.25, -0.2) is 4.79 Å². The van der Waals surface area contributed by atoms with Crippen molar-refractivity contribution in [3.8, 4) is 0 Å². The number of aromatic nitrogens is 1. The zero-order chi connectivity index (χ0) is 12.3. The third-order valence-corrected chi connectivity index (χ3v) is 3.12. The highest BCUT2D eigenvalue weighted by molar-refractivity contribution is 5.89. The Hall–Kier alpha value is -1.71. The van der Waals surface area contributed by atoms with Gasteiger partial charge in [0.25, 0.3) is 0 Å². The van der Waals surface area contributed by atoms with Crippen LogP contribution in [0.2, 0.25) is 0 Å². The Balaban J connectivity index is 2.17. The van der Waals surface area contributed by atoms with Gasteiger partial charge in [-0.05, 0) is 25.0 Å². The Labute approximate surface area is 100 Å². The maximum absolute atomic E-state index is 11.7. The second-order valence-electron chi connectivity index (χ2n) is 4.23. The van der Waals surface area contributed by atoms with E-state index in [9.17, 15) is 9.59 Å². The molecule has 4 heteroatoms. The van der Waals surface area contributed by atoms with Crippen LogP contribution in [0.3, 0.4) is 0 Å². The van der Waals surface area contributed by atoms with Crippen molar-refractivity contribution in [3.63, 3.8) is 0 Å². The number of hydrogen-bond donors (Lipinski definition) is 0. The fourth-order valence-electron chi connectivity index (χ4n) is 2.15. The van der Waals surface area contributed by atoms with Crippen molar-refractivity contribution in [3.05, 3.63) is 29.6 Å². The summed E-state index contributed by atoms with van der Waals surface area (Å²) in [5.74, 6) is -0.232. The molecule has 1 aromatic rings. The molecule has 1 aromatic heterocycles. The first-order valence-electron chi connectivity index (χ1n) is 5.79. The summed E-state index contributed by atoms with van der Waals surface area (Å²) in [6, 6.07) is 3.41. The lowest BCUT2D eigenvalue weighted by molar-refractivity contribution is -0.121. The summed E-state index contributed by atoms with van der Waals surface area (Å²) in [5, 5.41) is 0. The van der Waals surface area contributed by atoms with Crippen molar-refractivity contribution in [2.45, 2.75) is 31.6 Å². The minimum Gasteiger partial charge on any atom is -0.465 e. The maximum atomic E-state index is 11.7. The first-order chi connectivity index (χ1) is 8.22. The topological polar surface area (TPSA) is 56.3 Å². The van der Waals surface area contributed by atoms with E-state index in [1.54, 1.807) is 12.1 Å². The van der Waals surface area contributed by atoms with Gasteiger partial charge in [0.15, 0.2) is 0 Å². The molecule has 0 bridgehead atoms. The van der Waals surface area contributed by atoms with Crippen molar-refractivity contribution in [1.82, 2.24) is 4.98 Å². The van der Waals surface area contributed by atoms with Crippen LogP contribution in [-0.4, -0.2) is 23.8 Å². The molecule has 90 valence electrons. The number of carbonyl (C=O) groups is 2. The molecule has 1 heterocycles. The zero-order valence-corrected chi connectivity index (χ0v) is 9.81. The van der Waals surface area contributed by atoms with Crippen LogP contribution in [0, 0.1) is 0 Å². The van der Waals surface area contributed by atoms with Crippen LogP contribution in [0.15, 0.2) is 18.3 Å². The van der Waals surface area contributed by atoms with Crippen molar-refractivity contribution in [1.29, 1.82) is 0 Å². The van der Waals surface area contributed by atoms with E-state index in [1.807, 2.05) is 0 Å². The molecule has 2 rings (SSSR count). The van der Waals surface area contributed by atoms with Crippen LogP contribution in [0.5, 0.6) is 0 Å². The van der Waals surface area contributed by atoms with Gasteiger partial charge in [-0.2, -0.15) is 0 Å². The molecule has 0 aliphatic heterocycles. The summed E-state index contributed by atoms with van der Waals surface area (Å²) in [4.78, 5) is 27.2. The molecule has 0 saturated heterocycles. The van der Waals surface area contributed by atoms with E-state index in [0.717, 1.165) is 25.0 Å². The van der Waals surface area contributed by atoms with Gasteiger partial charge >= 0.3 is 5.97 Å². The standard InChI is InChI=1S/C13H15NO3/c1-17-13(16)9-6-7-11(14-8-9)10-4-2-3-5-12(10)15/h6-8,10H,2-5H2,1H3/t10-/m1/s1. The van der Waals surface area contributed by atoms with Crippen molar-refractivity contribution in [2.24, 2.45) is 0 Å². The van der Waals surface area contributed by atoms with E-state index in [1.165, 1.54) is 13.3 Å². The predicted molar refractivity (Wildman–Crippen MR) is 61.8 cm³/mol. The van der Waals surface area contributed by atoms with Crippen LogP contribution in [0.25, 0.3) is 0 Å². The highest BCUT2D eigenvalue weighted by Crippen LogP contribution is 2.28. The summed E-state index contributed by atoms with van der Waals surface area (Å²) < 4.78 is 4.60. The number of esters is 1. The molecule has 0 aromatic carbocycles. The number of ketones is 1. The van der Waals surface area contributed by atoms with Crippen molar-refractivity contribution in [2.75, 3.05) is 7.11 Å². The Morgan fingerprint density at radius 2 is 2.24 bits per heavy atom. The van der Waals surface area contributed by atoms with Crippen LogP contribution in [-0.2, 0) is 9.53 Å². The van der Waals surface area contributed by atoms with Gasteiger partial charge < -0.3 is 4.74 Å². The first-order valence-corrected chi connectivity index (χ1v) is 5.79. The largest absolute Gasteiger partial charge is 0.465 e. The molecule has 1 saturated carbocycles. The number of pyridine rings is 1. The average molecular weight is 233 g/mol. The van der Waals surface area contributed by atoms with Crippen molar-refractivity contribution < 1.29 is 14.3 Å². The molecule has 1 atom stereocenters. The monoisotopic (exact) mass is 233 g/mol. The molecular weight excluding hydrogens is 218 g/mol. The fourth-order valence-corrected chi connectivity index (χ4v) is 2.15. The fraction of sp³-hybridized carbons (Fsp3) is 0.462. The molecule has 0 spiro atoms. The lowest BCUT2D eigenvalue weighted by Crippen LogP contribution is -2.18. The molecule has 0 N–H and O–H groups in total. The zero-order valence-electron chi connectivity index (χ0n) is 9.81. The molecule has 1 aliphatic rings. The number of hydrogen-bond acceptors (Lipinski definition) is 4. The highest BCUT2D eigenvalue weighted by Gasteiger charge is 2.24. The van der Waals surface area contributed by atoms with Crippen molar-refractivity contribution >= 4 is 11.8 Å². The van der Waals surface area contributed by atoms with Gasteiger partial charge in [-0.3, -0.25) is 9.78 Å². The van der Waals surface area contributed by atoms with Gasteiger partial charge in [-0.1, -0.05) is 6.42 Å². The highest BCUT2D eigenvalue weighted by atomic mass is 16.5. The summed E-state index contributed by atoms with van der Waals surface area (Å²) in [7, 11) is 1.33. The normalized spacial score (nSPS) is 20.1. The third-order valence-electron chi connectivity index (χ3n) is 3.12. The van der Waals surface area contributed by atoms with Crippen LogP contribution >= 0.6 is 0 Å². The van der Waals surface area contributed by atoms with Gasteiger partial charge in [0.05, 0.1) is 24.3 Å². The van der Waals surface area contributed by atoms with E-state index in [-0.39, 0.29) is 11.7 Å². The predicted octanol–water partition coefficient (Wildman–Crippen LogP) is 2.09. The Morgan fingerprint density at radius 3 is 2.82 bits per heavy atom. The Morgan fingerprint density at radius 1 is 1.41 bits per heavy atom. The number of carbonyl (C=O) groups excluding carboxylic acids is 2. The molecule has 17 heavy (non-hydrogen) atoms. The van der Waals surface area contributed by atoms with E-state index in [2.05, 4.69) is 9.72 Å². The van der Waals surface area contributed by atoms with Gasteiger partial charge in [0.2, 0.25) is 0 Å². The van der Waals surface area contributed by atoms with Gasteiger partial charge in [-0.15, -0.1) is 0 Å². The smallest absolute Gasteiger partial charge is 0.339 e. The Bertz CT molecular complexity index is 425. The summed E-state index contributed by atoms with van der Waals surface area (Å²) in [6.45, 7) is 0.